The van der Waals surface area contributed by atoms with E-state index in [9.17, 15) is 9.59 Å². The van der Waals surface area contributed by atoms with Crippen LogP contribution in [0.5, 0.6) is 0 Å². The first kappa shape index (κ1) is 21.1. The number of hydrogen-bond donors (Lipinski definition) is 2. The first-order valence-corrected chi connectivity index (χ1v) is 11.7. The summed E-state index contributed by atoms with van der Waals surface area (Å²) in [6, 6.07) is 13.1. The van der Waals surface area contributed by atoms with Gasteiger partial charge in [0.25, 0.3) is 11.8 Å². The number of benzene rings is 1. The molecule has 0 radical (unpaired) electrons. The van der Waals surface area contributed by atoms with Gasteiger partial charge in [-0.05, 0) is 67.1 Å². The molecular formula is C25H23N5O2S. The highest BCUT2D eigenvalue weighted by molar-refractivity contribution is 7.17. The summed E-state index contributed by atoms with van der Waals surface area (Å²) in [4.78, 5) is 31.3. The lowest BCUT2D eigenvalue weighted by Crippen LogP contribution is -2.18. The van der Waals surface area contributed by atoms with Crippen molar-refractivity contribution in [1.82, 2.24) is 14.8 Å². The molecule has 0 saturated heterocycles. The molecule has 2 N–H and O–H groups in total. The van der Waals surface area contributed by atoms with Crippen molar-refractivity contribution in [3.8, 4) is 0 Å². The molecule has 5 rings (SSSR count). The Kier molecular flexibility index (Phi) is 5.99. The number of aryl methyl sites for hydroxylation is 1. The van der Waals surface area contributed by atoms with Crippen LogP contribution < -0.4 is 10.6 Å². The van der Waals surface area contributed by atoms with Crippen LogP contribution in [0.2, 0.25) is 0 Å². The Hall–Kier alpha value is -3.78. The van der Waals surface area contributed by atoms with Crippen LogP contribution in [-0.2, 0) is 19.4 Å². The zero-order valence-electron chi connectivity index (χ0n) is 18.0. The summed E-state index contributed by atoms with van der Waals surface area (Å²) in [6.07, 6.45) is 10.7. The smallest absolute Gasteiger partial charge is 0.258 e. The van der Waals surface area contributed by atoms with E-state index in [2.05, 4.69) is 20.7 Å². The summed E-state index contributed by atoms with van der Waals surface area (Å²) in [5.41, 5.74) is 3.90. The molecule has 7 nitrogen and oxygen atoms in total. The Morgan fingerprint density at radius 3 is 2.58 bits per heavy atom. The van der Waals surface area contributed by atoms with Gasteiger partial charge in [0.05, 0.1) is 17.7 Å². The highest BCUT2D eigenvalue weighted by atomic mass is 32.1. The first-order valence-electron chi connectivity index (χ1n) is 10.9. The number of pyridine rings is 1. The molecule has 0 unspecified atom stereocenters. The second-order valence-corrected chi connectivity index (χ2v) is 9.07. The van der Waals surface area contributed by atoms with Crippen molar-refractivity contribution < 1.29 is 9.59 Å². The van der Waals surface area contributed by atoms with Gasteiger partial charge < -0.3 is 10.6 Å². The lowest BCUT2D eigenvalue weighted by molar-refractivity contribution is 0.102. The SMILES string of the molecule is O=C(Nc1sc2c(c1C(=O)Nc1ccc(Cn3cccn3)cc1)CCCC2)c1cccnc1. The number of amides is 2. The van der Waals surface area contributed by atoms with Crippen molar-refractivity contribution in [3.63, 3.8) is 0 Å². The summed E-state index contributed by atoms with van der Waals surface area (Å²) in [6.45, 7) is 0.670. The lowest BCUT2D eigenvalue weighted by atomic mass is 9.95. The molecule has 2 amide bonds. The van der Waals surface area contributed by atoms with Gasteiger partial charge in [0.1, 0.15) is 5.00 Å². The van der Waals surface area contributed by atoms with Crippen LogP contribution in [0.1, 0.15) is 49.6 Å². The van der Waals surface area contributed by atoms with Gasteiger partial charge >= 0.3 is 0 Å². The first-order chi connectivity index (χ1) is 16.2. The standard InChI is InChI=1S/C25H23N5O2S/c31-23(18-5-3-12-26-15-18)29-25-22(20-6-1-2-7-21(20)33-25)24(32)28-19-10-8-17(9-11-19)16-30-14-4-13-27-30/h3-5,8-15H,1-2,6-7,16H2,(H,28,32)(H,29,31). The van der Waals surface area contributed by atoms with E-state index in [0.29, 0.717) is 28.4 Å². The van der Waals surface area contributed by atoms with Crippen LogP contribution in [0.3, 0.4) is 0 Å². The third-order valence-electron chi connectivity index (χ3n) is 5.66. The van der Waals surface area contributed by atoms with Crippen LogP contribution in [0.25, 0.3) is 0 Å². The number of thiophene rings is 1. The maximum Gasteiger partial charge on any atom is 0.258 e. The number of nitrogens with one attached hydrogen (secondary N) is 2. The fourth-order valence-corrected chi connectivity index (χ4v) is 5.32. The van der Waals surface area contributed by atoms with Gasteiger partial charge in [0.2, 0.25) is 0 Å². The van der Waals surface area contributed by atoms with E-state index in [0.717, 1.165) is 36.8 Å². The van der Waals surface area contributed by atoms with E-state index in [-0.39, 0.29) is 11.8 Å². The molecule has 3 aromatic heterocycles. The largest absolute Gasteiger partial charge is 0.322 e. The van der Waals surface area contributed by atoms with Gasteiger partial charge in [-0.15, -0.1) is 11.3 Å². The lowest BCUT2D eigenvalue weighted by Gasteiger charge is -2.13. The van der Waals surface area contributed by atoms with Crippen LogP contribution in [-0.4, -0.2) is 26.6 Å². The Bertz CT molecular complexity index is 1260. The van der Waals surface area contributed by atoms with Crippen molar-refractivity contribution in [2.24, 2.45) is 0 Å². The molecule has 0 fully saturated rings. The van der Waals surface area contributed by atoms with Gasteiger partial charge in [-0.25, -0.2) is 0 Å². The zero-order chi connectivity index (χ0) is 22.6. The van der Waals surface area contributed by atoms with Crippen molar-refractivity contribution in [2.75, 3.05) is 10.6 Å². The third kappa shape index (κ3) is 4.70. The average molecular weight is 458 g/mol. The Morgan fingerprint density at radius 2 is 1.82 bits per heavy atom. The fourth-order valence-electron chi connectivity index (χ4n) is 4.03. The van der Waals surface area contributed by atoms with Crippen LogP contribution in [0.4, 0.5) is 10.7 Å². The van der Waals surface area contributed by atoms with Crippen molar-refractivity contribution in [1.29, 1.82) is 0 Å². The molecule has 33 heavy (non-hydrogen) atoms. The summed E-state index contributed by atoms with van der Waals surface area (Å²) >= 11 is 1.51. The molecule has 0 saturated carbocycles. The quantitative estimate of drug-likeness (QED) is 0.436. The van der Waals surface area contributed by atoms with E-state index in [1.807, 2.05) is 41.2 Å². The van der Waals surface area contributed by atoms with Crippen LogP contribution >= 0.6 is 11.3 Å². The zero-order valence-corrected chi connectivity index (χ0v) is 18.8. The van der Waals surface area contributed by atoms with Crippen molar-refractivity contribution in [3.05, 3.63) is 94.4 Å². The normalized spacial score (nSPS) is 12.7. The molecule has 1 aromatic carbocycles. The van der Waals surface area contributed by atoms with E-state index in [4.69, 9.17) is 0 Å². The molecule has 0 bridgehead atoms. The van der Waals surface area contributed by atoms with E-state index < -0.39 is 0 Å². The summed E-state index contributed by atoms with van der Waals surface area (Å²) in [7, 11) is 0. The van der Waals surface area contributed by atoms with Crippen LogP contribution in [0, 0.1) is 0 Å². The molecule has 0 spiro atoms. The number of anilines is 2. The summed E-state index contributed by atoms with van der Waals surface area (Å²) < 4.78 is 1.85. The average Bonchev–Trinajstić information content (AvgIpc) is 3.48. The van der Waals surface area contributed by atoms with E-state index in [1.165, 1.54) is 22.4 Å². The van der Waals surface area contributed by atoms with Gasteiger partial charge in [-0.3, -0.25) is 19.3 Å². The number of carbonyl (C=O) groups excluding carboxylic acids is 2. The van der Waals surface area contributed by atoms with Gasteiger partial charge in [0, 0.05) is 35.4 Å². The van der Waals surface area contributed by atoms with E-state index >= 15 is 0 Å². The minimum Gasteiger partial charge on any atom is -0.322 e. The third-order valence-corrected chi connectivity index (χ3v) is 6.87. The number of hydrogen-bond acceptors (Lipinski definition) is 5. The maximum atomic E-state index is 13.3. The summed E-state index contributed by atoms with van der Waals surface area (Å²) in [5, 5.41) is 10.8. The van der Waals surface area contributed by atoms with Crippen molar-refractivity contribution >= 4 is 33.8 Å². The highest BCUT2D eigenvalue weighted by Gasteiger charge is 2.26. The molecule has 3 heterocycles. The molecule has 1 aliphatic carbocycles. The monoisotopic (exact) mass is 457 g/mol. The number of fused-ring (bicyclic) bond motifs is 1. The molecule has 166 valence electrons. The molecule has 8 heteroatoms. The molecule has 4 aromatic rings. The van der Waals surface area contributed by atoms with Crippen molar-refractivity contribution in [2.45, 2.75) is 32.2 Å². The number of rotatable bonds is 6. The minimum absolute atomic E-state index is 0.198. The van der Waals surface area contributed by atoms with Crippen LogP contribution in [0.15, 0.2) is 67.3 Å². The molecule has 0 atom stereocenters. The highest BCUT2D eigenvalue weighted by Crippen LogP contribution is 2.38. The Labute approximate surface area is 195 Å². The molecule has 0 aliphatic heterocycles. The van der Waals surface area contributed by atoms with Gasteiger partial charge in [0.15, 0.2) is 0 Å². The molecule has 1 aliphatic rings. The second kappa shape index (κ2) is 9.38. The maximum absolute atomic E-state index is 13.3. The number of nitrogens with zero attached hydrogens (tertiary/aromatic N) is 3. The minimum atomic E-state index is -0.265. The Balaban J connectivity index is 1.36. The van der Waals surface area contributed by atoms with Gasteiger partial charge in [-0.2, -0.15) is 5.10 Å². The predicted molar refractivity (Wildman–Crippen MR) is 129 cm³/mol. The molecular weight excluding hydrogens is 434 g/mol. The predicted octanol–water partition coefficient (Wildman–Crippen LogP) is 4.77. The van der Waals surface area contributed by atoms with E-state index in [1.54, 1.807) is 24.5 Å². The topological polar surface area (TPSA) is 88.9 Å². The number of aromatic nitrogens is 3. The second-order valence-electron chi connectivity index (χ2n) is 7.97. The number of carbonyl (C=O) groups is 2. The summed E-state index contributed by atoms with van der Waals surface area (Å²) in [5.74, 6) is -0.463. The van der Waals surface area contributed by atoms with Gasteiger partial charge in [-0.1, -0.05) is 12.1 Å². The Morgan fingerprint density at radius 1 is 0.970 bits per heavy atom. The fraction of sp³-hybridized carbons (Fsp3) is 0.200.